The van der Waals surface area contributed by atoms with E-state index in [1.165, 1.54) is 6.20 Å². The Labute approximate surface area is 147 Å². The summed E-state index contributed by atoms with van der Waals surface area (Å²) in [5.41, 5.74) is 8.09. The SMILES string of the molecule is N#Cc1c(N)nc(-c2cn[nH]c2)c(C#N)c1-c1ccc(Cl)c(Cl)c1. The number of H-pyrrole nitrogens is 1. The lowest BCUT2D eigenvalue weighted by atomic mass is 9.93. The van der Waals surface area contributed by atoms with Crippen LogP contribution in [-0.2, 0) is 0 Å². The minimum Gasteiger partial charge on any atom is -0.383 e. The van der Waals surface area contributed by atoms with Crippen LogP contribution in [0.5, 0.6) is 0 Å². The van der Waals surface area contributed by atoms with Gasteiger partial charge in [0.15, 0.2) is 0 Å². The maximum Gasteiger partial charge on any atom is 0.142 e. The lowest BCUT2D eigenvalue weighted by Gasteiger charge is -2.13. The van der Waals surface area contributed by atoms with Crippen LogP contribution in [0.3, 0.4) is 0 Å². The standard InChI is InChI=1S/C16H8Cl2N6/c17-12-2-1-8(3-13(12)18)14-10(4-19)15(9-6-22-23-7-9)24-16(21)11(14)5-20/h1-3,6-7H,(H2,21,24)(H,22,23). The topological polar surface area (TPSA) is 115 Å². The Kier molecular flexibility index (Phi) is 4.09. The van der Waals surface area contributed by atoms with Crippen LogP contribution in [0, 0.1) is 22.7 Å². The largest absolute Gasteiger partial charge is 0.383 e. The summed E-state index contributed by atoms with van der Waals surface area (Å²) in [6, 6.07) is 8.95. The van der Waals surface area contributed by atoms with E-state index in [-0.39, 0.29) is 16.9 Å². The highest BCUT2D eigenvalue weighted by Gasteiger charge is 2.21. The lowest BCUT2D eigenvalue weighted by molar-refractivity contribution is 1.09. The van der Waals surface area contributed by atoms with E-state index in [4.69, 9.17) is 28.9 Å². The third kappa shape index (κ3) is 2.55. The summed E-state index contributed by atoms with van der Waals surface area (Å²) in [7, 11) is 0. The molecule has 0 atom stereocenters. The van der Waals surface area contributed by atoms with Crippen molar-refractivity contribution in [3.8, 4) is 34.5 Å². The Balaban J connectivity index is 2.41. The number of hydrogen-bond acceptors (Lipinski definition) is 5. The van der Waals surface area contributed by atoms with Gasteiger partial charge in [-0.15, -0.1) is 0 Å². The molecule has 3 rings (SSSR count). The van der Waals surface area contributed by atoms with Gasteiger partial charge in [-0.1, -0.05) is 29.3 Å². The van der Waals surface area contributed by atoms with Crippen molar-refractivity contribution in [2.24, 2.45) is 0 Å². The number of nitrogens with zero attached hydrogens (tertiary/aromatic N) is 4. The lowest BCUT2D eigenvalue weighted by Crippen LogP contribution is -2.03. The van der Waals surface area contributed by atoms with Crippen LogP contribution >= 0.6 is 23.2 Å². The molecule has 0 amide bonds. The maximum absolute atomic E-state index is 9.66. The molecular weight excluding hydrogens is 347 g/mol. The molecule has 3 N–H and O–H groups in total. The zero-order valence-electron chi connectivity index (χ0n) is 12.0. The van der Waals surface area contributed by atoms with Crippen molar-refractivity contribution in [1.29, 1.82) is 10.5 Å². The molecular formula is C16H8Cl2N6. The summed E-state index contributed by atoms with van der Waals surface area (Å²) in [4.78, 5) is 4.20. The number of nitrogens with one attached hydrogen (secondary N) is 1. The van der Waals surface area contributed by atoms with E-state index >= 15 is 0 Å². The fraction of sp³-hybridized carbons (Fsp3) is 0. The first kappa shape index (κ1) is 15.8. The van der Waals surface area contributed by atoms with Gasteiger partial charge in [0.1, 0.15) is 23.5 Å². The predicted octanol–water partition coefficient (Wildman–Crippen LogP) is 3.77. The number of nitrogens with two attached hydrogens (primary N) is 1. The fourth-order valence-electron chi connectivity index (χ4n) is 2.36. The van der Waals surface area contributed by atoms with Crippen LogP contribution in [0.2, 0.25) is 10.0 Å². The Bertz CT molecular complexity index is 1010. The first-order valence-corrected chi connectivity index (χ1v) is 7.40. The third-order valence-corrected chi connectivity index (χ3v) is 4.17. The Morgan fingerprint density at radius 3 is 2.38 bits per heavy atom. The minimum atomic E-state index is 0.0220. The Morgan fingerprint density at radius 1 is 1.04 bits per heavy atom. The third-order valence-electron chi connectivity index (χ3n) is 3.43. The van der Waals surface area contributed by atoms with E-state index in [2.05, 4.69) is 21.3 Å². The summed E-state index contributed by atoms with van der Waals surface area (Å²) >= 11 is 12.0. The van der Waals surface area contributed by atoms with Gasteiger partial charge in [0, 0.05) is 17.3 Å². The maximum atomic E-state index is 9.66. The van der Waals surface area contributed by atoms with Crippen LogP contribution in [-0.4, -0.2) is 15.2 Å². The molecule has 0 saturated heterocycles. The van der Waals surface area contributed by atoms with Crippen molar-refractivity contribution in [1.82, 2.24) is 15.2 Å². The van der Waals surface area contributed by atoms with Crippen molar-refractivity contribution in [3.05, 3.63) is 51.8 Å². The first-order chi connectivity index (χ1) is 11.6. The van der Waals surface area contributed by atoms with E-state index in [0.717, 1.165) is 0 Å². The fourth-order valence-corrected chi connectivity index (χ4v) is 2.65. The predicted molar refractivity (Wildman–Crippen MR) is 91.1 cm³/mol. The first-order valence-electron chi connectivity index (χ1n) is 6.65. The zero-order chi connectivity index (χ0) is 17.3. The summed E-state index contributed by atoms with van der Waals surface area (Å²) in [6.45, 7) is 0. The van der Waals surface area contributed by atoms with E-state index in [9.17, 15) is 10.5 Å². The summed E-state index contributed by atoms with van der Waals surface area (Å²) in [5, 5.41) is 26.3. The molecule has 0 radical (unpaired) electrons. The average Bonchev–Trinajstić information content (AvgIpc) is 3.10. The van der Waals surface area contributed by atoms with Gasteiger partial charge in [0.05, 0.1) is 27.5 Å². The van der Waals surface area contributed by atoms with Gasteiger partial charge >= 0.3 is 0 Å². The molecule has 8 heteroatoms. The van der Waals surface area contributed by atoms with E-state index < -0.39 is 0 Å². The van der Waals surface area contributed by atoms with Crippen LogP contribution in [0.4, 0.5) is 5.82 Å². The highest BCUT2D eigenvalue weighted by Crippen LogP contribution is 2.37. The minimum absolute atomic E-state index is 0.0220. The van der Waals surface area contributed by atoms with Crippen molar-refractivity contribution < 1.29 is 0 Å². The number of nitrogen functional groups attached to an aromatic ring is 1. The smallest absolute Gasteiger partial charge is 0.142 e. The Hall–Kier alpha value is -3.06. The molecule has 2 heterocycles. The summed E-state index contributed by atoms with van der Waals surface area (Å²) < 4.78 is 0. The molecule has 0 aliphatic carbocycles. The van der Waals surface area contributed by atoms with Gasteiger partial charge in [0.2, 0.25) is 0 Å². The Morgan fingerprint density at radius 2 is 1.79 bits per heavy atom. The zero-order valence-corrected chi connectivity index (χ0v) is 13.5. The normalized spacial score (nSPS) is 10.2. The van der Waals surface area contributed by atoms with Gasteiger partial charge in [-0.05, 0) is 17.7 Å². The van der Waals surface area contributed by atoms with E-state index in [1.807, 2.05) is 6.07 Å². The molecule has 3 aromatic rings. The molecule has 2 aromatic heterocycles. The van der Waals surface area contributed by atoms with Gasteiger partial charge in [-0.2, -0.15) is 15.6 Å². The number of benzene rings is 1. The monoisotopic (exact) mass is 354 g/mol. The van der Waals surface area contributed by atoms with Crippen molar-refractivity contribution in [2.45, 2.75) is 0 Å². The molecule has 0 unspecified atom stereocenters. The van der Waals surface area contributed by atoms with Crippen LogP contribution in [0.15, 0.2) is 30.6 Å². The molecule has 116 valence electrons. The van der Waals surface area contributed by atoms with Gasteiger partial charge in [-0.25, -0.2) is 4.98 Å². The summed E-state index contributed by atoms with van der Waals surface area (Å²) in [6.07, 6.45) is 3.11. The number of rotatable bonds is 2. The second-order valence-electron chi connectivity index (χ2n) is 4.81. The van der Waals surface area contributed by atoms with E-state index in [0.29, 0.717) is 32.4 Å². The van der Waals surface area contributed by atoms with Crippen molar-refractivity contribution in [2.75, 3.05) is 5.73 Å². The van der Waals surface area contributed by atoms with Gasteiger partial charge in [0.25, 0.3) is 0 Å². The van der Waals surface area contributed by atoms with Gasteiger partial charge < -0.3 is 5.73 Å². The summed E-state index contributed by atoms with van der Waals surface area (Å²) in [5.74, 6) is 0.0220. The van der Waals surface area contributed by atoms with Gasteiger partial charge in [-0.3, -0.25) is 5.10 Å². The average molecular weight is 355 g/mol. The van der Waals surface area contributed by atoms with Crippen molar-refractivity contribution >= 4 is 29.0 Å². The van der Waals surface area contributed by atoms with Crippen LogP contribution < -0.4 is 5.73 Å². The van der Waals surface area contributed by atoms with Crippen molar-refractivity contribution in [3.63, 3.8) is 0 Å². The molecule has 0 saturated carbocycles. The number of pyridine rings is 1. The molecule has 0 aliphatic rings. The van der Waals surface area contributed by atoms with Crippen LogP contribution in [0.1, 0.15) is 11.1 Å². The molecule has 0 fully saturated rings. The quantitative estimate of drug-likeness (QED) is 0.726. The number of halogens is 2. The number of anilines is 1. The molecule has 24 heavy (non-hydrogen) atoms. The molecule has 1 aromatic carbocycles. The number of aromatic nitrogens is 3. The number of aromatic amines is 1. The van der Waals surface area contributed by atoms with E-state index in [1.54, 1.807) is 24.4 Å². The highest BCUT2D eigenvalue weighted by molar-refractivity contribution is 6.42. The molecule has 0 spiro atoms. The molecule has 6 nitrogen and oxygen atoms in total. The molecule has 0 aliphatic heterocycles. The molecule has 0 bridgehead atoms. The highest BCUT2D eigenvalue weighted by atomic mass is 35.5. The van der Waals surface area contributed by atoms with Crippen LogP contribution in [0.25, 0.3) is 22.4 Å². The second-order valence-corrected chi connectivity index (χ2v) is 5.62. The second kappa shape index (κ2) is 6.21. The number of nitriles is 2. The number of hydrogen-bond donors (Lipinski definition) is 2.